The van der Waals surface area contributed by atoms with Gasteiger partial charge in [0.2, 0.25) is 0 Å². The quantitative estimate of drug-likeness (QED) is 0.288. The lowest BCUT2D eigenvalue weighted by Gasteiger charge is -1.96. The lowest BCUT2D eigenvalue weighted by Crippen LogP contribution is -2.06. The Kier molecular flexibility index (Phi) is 5.43. The van der Waals surface area contributed by atoms with E-state index in [-0.39, 0.29) is 0 Å². The van der Waals surface area contributed by atoms with Gasteiger partial charge in [0.05, 0.1) is 11.4 Å². The average Bonchev–Trinajstić information content (AvgIpc) is 2.03. The van der Waals surface area contributed by atoms with Gasteiger partial charge in [-0.05, 0) is 20.3 Å². The molecule has 0 fully saturated rings. The molecule has 0 rings (SSSR count). The molecule has 0 saturated carbocycles. The van der Waals surface area contributed by atoms with Crippen LogP contribution in [0.4, 0.5) is 0 Å². The van der Waals surface area contributed by atoms with Crippen molar-refractivity contribution in [2.75, 3.05) is 6.54 Å². The van der Waals surface area contributed by atoms with E-state index < -0.39 is 0 Å². The first-order valence-corrected chi connectivity index (χ1v) is 3.92. The Morgan fingerprint density at radius 3 is 2.36 bits per heavy atom. The monoisotopic (exact) mass is 156 g/mol. The zero-order chi connectivity index (χ0) is 8.69. The molecule has 3 nitrogen and oxygen atoms in total. The van der Waals surface area contributed by atoms with Crippen molar-refractivity contribution in [1.29, 1.82) is 0 Å². The van der Waals surface area contributed by atoms with Crippen LogP contribution in [0.25, 0.3) is 0 Å². The van der Waals surface area contributed by atoms with E-state index >= 15 is 0 Å². The Morgan fingerprint density at radius 2 is 1.91 bits per heavy atom. The van der Waals surface area contributed by atoms with Crippen LogP contribution in [-0.2, 0) is 0 Å². The highest BCUT2D eigenvalue weighted by atomic mass is 16.4. The molecule has 0 amide bonds. The molecule has 0 aliphatic carbocycles. The third-order valence-electron chi connectivity index (χ3n) is 1.53. The number of rotatable bonds is 4. The molecule has 0 aromatic carbocycles. The van der Waals surface area contributed by atoms with E-state index in [4.69, 9.17) is 5.21 Å². The molecule has 64 valence electrons. The summed E-state index contributed by atoms with van der Waals surface area (Å²) in [5.41, 5.74) is 1.42. The fourth-order valence-corrected chi connectivity index (χ4v) is 0.592. The Hall–Kier alpha value is -0.860. The first-order valence-electron chi connectivity index (χ1n) is 3.92. The molecular formula is C8H16N2O. The lowest BCUT2D eigenvalue weighted by molar-refractivity contribution is 0.320. The van der Waals surface area contributed by atoms with Gasteiger partial charge in [0.1, 0.15) is 0 Å². The molecule has 0 spiro atoms. The van der Waals surface area contributed by atoms with Gasteiger partial charge in [0.15, 0.2) is 0 Å². The molecule has 0 bridgehead atoms. The van der Waals surface area contributed by atoms with Gasteiger partial charge in [-0.25, -0.2) is 0 Å². The van der Waals surface area contributed by atoms with Crippen molar-refractivity contribution in [2.45, 2.75) is 33.6 Å². The third-order valence-corrected chi connectivity index (χ3v) is 1.53. The maximum atomic E-state index is 8.37. The summed E-state index contributed by atoms with van der Waals surface area (Å²) in [7, 11) is 0. The predicted octanol–water partition coefficient (Wildman–Crippen LogP) is 2.10. The van der Waals surface area contributed by atoms with Crippen molar-refractivity contribution in [3.8, 4) is 0 Å². The molecule has 0 atom stereocenters. The highest BCUT2D eigenvalue weighted by molar-refractivity contribution is 6.40. The zero-order valence-corrected chi connectivity index (χ0v) is 7.46. The fourth-order valence-electron chi connectivity index (χ4n) is 0.592. The molecule has 0 unspecified atom stereocenters. The molecular weight excluding hydrogens is 140 g/mol. The summed E-state index contributed by atoms with van der Waals surface area (Å²) in [6.07, 6.45) is 2.24. The van der Waals surface area contributed by atoms with Crippen LogP contribution >= 0.6 is 0 Å². The minimum Gasteiger partial charge on any atom is -0.411 e. The Labute approximate surface area is 67.8 Å². The lowest BCUT2D eigenvalue weighted by atomic mass is 10.3. The van der Waals surface area contributed by atoms with Crippen LogP contribution in [0.1, 0.15) is 33.6 Å². The summed E-state index contributed by atoms with van der Waals surface area (Å²) in [5, 5.41) is 11.4. The minimum absolute atomic E-state index is 0.598. The van der Waals surface area contributed by atoms with Crippen molar-refractivity contribution in [2.24, 2.45) is 10.1 Å². The molecule has 1 N–H and O–H groups in total. The number of unbranched alkanes of at least 4 members (excludes halogenated alkanes) is 1. The Balaban J connectivity index is 3.81. The van der Waals surface area contributed by atoms with Crippen molar-refractivity contribution in [3.05, 3.63) is 0 Å². The van der Waals surface area contributed by atoms with Crippen LogP contribution in [0, 0.1) is 0 Å². The maximum absolute atomic E-state index is 8.37. The van der Waals surface area contributed by atoms with E-state index in [9.17, 15) is 0 Å². The van der Waals surface area contributed by atoms with Crippen molar-refractivity contribution < 1.29 is 5.21 Å². The second kappa shape index (κ2) is 5.89. The third kappa shape index (κ3) is 4.53. The SMILES string of the molecule is CCCCN=C(C)/C(C)=N/O. The second-order valence-corrected chi connectivity index (χ2v) is 2.51. The normalized spacial score (nSPS) is 13.7. The van der Waals surface area contributed by atoms with Crippen LogP contribution in [0.2, 0.25) is 0 Å². The van der Waals surface area contributed by atoms with Gasteiger partial charge in [0, 0.05) is 6.54 Å². The molecule has 3 heteroatoms. The van der Waals surface area contributed by atoms with Crippen molar-refractivity contribution >= 4 is 11.4 Å². The molecule has 11 heavy (non-hydrogen) atoms. The topological polar surface area (TPSA) is 45.0 Å². The van der Waals surface area contributed by atoms with Crippen molar-refractivity contribution in [3.63, 3.8) is 0 Å². The number of hydrogen-bond acceptors (Lipinski definition) is 3. The minimum atomic E-state index is 0.598. The van der Waals surface area contributed by atoms with E-state index in [0.717, 1.165) is 25.1 Å². The van der Waals surface area contributed by atoms with E-state index in [1.54, 1.807) is 6.92 Å². The second-order valence-electron chi connectivity index (χ2n) is 2.51. The molecule has 0 aliphatic rings. The number of hydrogen-bond donors (Lipinski definition) is 1. The van der Waals surface area contributed by atoms with Gasteiger partial charge in [-0.3, -0.25) is 4.99 Å². The summed E-state index contributed by atoms with van der Waals surface area (Å²) >= 11 is 0. The Bertz CT molecular complexity index is 161. The van der Waals surface area contributed by atoms with Crippen LogP contribution in [0.3, 0.4) is 0 Å². The maximum Gasteiger partial charge on any atom is 0.0971 e. The molecule has 0 saturated heterocycles. The first kappa shape index (κ1) is 10.1. The average molecular weight is 156 g/mol. The molecule has 0 aromatic heterocycles. The summed E-state index contributed by atoms with van der Waals surface area (Å²) < 4.78 is 0. The molecule has 0 aliphatic heterocycles. The van der Waals surface area contributed by atoms with Crippen LogP contribution in [0.15, 0.2) is 10.1 Å². The first-order chi connectivity index (χ1) is 5.22. The molecule has 0 radical (unpaired) electrons. The summed E-state index contributed by atoms with van der Waals surface area (Å²) in [5.74, 6) is 0. The molecule has 0 aromatic rings. The zero-order valence-electron chi connectivity index (χ0n) is 7.46. The summed E-state index contributed by atoms with van der Waals surface area (Å²) in [4.78, 5) is 4.21. The van der Waals surface area contributed by atoms with Crippen molar-refractivity contribution in [1.82, 2.24) is 0 Å². The van der Waals surface area contributed by atoms with Crippen LogP contribution in [0.5, 0.6) is 0 Å². The van der Waals surface area contributed by atoms with E-state index in [1.807, 2.05) is 6.92 Å². The van der Waals surface area contributed by atoms with Gasteiger partial charge in [-0.2, -0.15) is 0 Å². The molecule has 0 heterocycles. The number of aliphatic imine (C=N–C) groups is 1. The van der Waals surface area contributed by atoms with E-state index in [2.05, 4.69) is 17.1 Å². The predicted molar refractivity (Wildman–Crippen MR) is 47.8 cm³/mol. The van der Waals surface area contributed by atoms with Gasteiger partial charge in [-0.15, -0.1) is 0 Å². The standard InChI is InChI=1S/C8H16N2O/c1-4-5-6-9-7(2)8(3)10-11/h11H,4-6H2,1-3H3/b9-7?,10-8+. The van der Waals surface area contributed by atoms with Gasteiger partial charge < -0.3 is 5.21 Å². The van der Waals surface area contributed by atoms with Gasteiger partial charge in [-0.1, -0.05) is 18.5 Å². The highest BCUT2D eigenvalue weighted by Gasteiger charge is 1.94. The summed E-state index contributed by atoms with van der Waals surface area (Å²) in [6.45, 7) is 6.54. The number of oxime groups is 1. The van der Waals surface area contributed by atoms with Crippen LogP contribution in [-0.4, -0.2) is 23.2 Å². The van der Waals surface area contributed by atoms with E-state index in [1.165, 1.54) is 0 Å². The smallest absolute Gasteiger partial charge is 0.0971 e. The number of nitrogens with zero attached hydrogens (tertiary/aromatic N) is 2. The van der Waals surface area contributed by atoms with Gasteiger partial charge in [0.25, 0.3) is 0 Å². The highest BCUT2D eigenvalue weighted by Crippen LogP contribution is 1.89. The Morgan fingerprint density at radius 1 is 1.27 bits per heavy atom. The van der Waals surface area contributed by atoms with Crippen LogP contribution < -0.4 is 0 Å². The summed E-state index contributed by atoms with van der Waals surface area (Å²) in [6, 6.07) is 0. The van der Waals surface area contributed by atoms with Gasteiger partial charge >= 0.3 is 0 Å². The van der Waals surface area contributed by atoms with E-state index in [0.29, 0.717) is 5.71 Å². The largest absolute Gasteiger partial charge is 0.411 e. The fraction of sp³-hybridized carbons (Fsp3) is 0.750.